The second-order valence-electron chi connectivity index (χ2n) is 7.69. The molecule has 1 saturated carbocycles. The van der Waals surface area contributed by atoms with Gasteiger partial charge in [-0.3, -0.25) is 0 Å². The lowest BCUT2D eigenvalue weighted by Crippen LogP contribution is -2.45. The number of methoxy groups -OCH3 is 1. The summed E-state index contributed by atoms with van der Waals surface area (Å²) in [5, 5.41) is 1.32. The van der Waals surface area contributed by atoms with Crippen molar-refractivity contribution < 1.29 is 4.74 Å². The van der Waals surface area contributed by atoms with E-state index in [4.69, 9.17) is 27.9 Å². The SMILES string of the molecule is COC1(C)CCC(c2ccc(Cl)c(Cl)c2)([C@H]2CCN(C)C2)CC1. The highest BCUT2D eigenvalue weighted by Crippen LogP contribution is 2.51. The summed E-state index contributed by atoms with van der Waals surface area (Å²) in [5.41, 5.74) is 1.59. The van der Waals surface area contributed by atoms with Crippen LogP contribution in [0.2, 0.25) is 10.0 Å². The van der Waals surface area contributed by atoms with E-state index >= 15 is 0 Å². The lowest BCUT2D eigenvalue weighted by atomic mass is 9.59. The van der Waals surface area contributed by atoms with Gasteiger partial charge in [0.1, 0.15) is 0 Å². The molecule has 0 aromatic heterocycles. The minimum absolute atomic E-state index is 0.0181. The van der Waals surface area contributed by atoms with E-state index in [1.54, 1.807) is 0 Å². The smallest absolute Gasteiger partial charge is 0.0651 e. The fourth-order valence-corrected chi connectivity index (χ4v) is 4.85. The predicted octanol–water partition coefficient (Wildman–Crippen LogP) is 5.16. The van der Waals surface area contributed by atoms with E-state index < -0.39 is 0 Å². The zero-order valence-electron chi connectivity index (χ0n) is 14.4. The third-order valence-corrected chi connectivity index (χ3v) is 7.10. The van der Waals surface area contributed by atoms with Crippen molar-refractivity contribution in [2.24, 2.45) is 5.92 Å². The highest BCUT2D eigenvalue weighted by atomic mass is 35.5. The molecule has 2 nitrogen and oxygen atoms in total. The van der Waals surface area contributed by atoms with Gasteiger partial charge in [-0.05, 0) is 81.6 Å². The van der Waals surface area contributed by atoms with Crippen LogP contribution in [0.25, 0.3) is 0 Å². The number of likely N-dealkylation sites (tertiary alicyclic amines) is 1. The first-order valence-corrected chi connectivity index (χ1v) is 9.33. The van der Waals surface area contributed by atoms with Crippen molar-refractivity contribution in [3.63, 3.8) is 0 Å². The Hall–Kier alpha value is -0.280. The molecule has 0 radical (unpaired) electrons. The van der Waals surface area contributed by atoms with Crippen molar-refractivity contribution in [2.45, 2.75) is 50.0 Å². The maximum atomic E-state index is 6.35. The number of nitrogens with zero attached hydrogens (tertiary/aromatic N) is 1. The van der Waals surface area contributed by atoms with E-state index in [2.05, 4.69) is 31.0 Å². The molecule has 2 fully saturated rings. The maximum absolute atomic E-state index is 6.35. The minimum atomic E-state index is 0.0181. The standard InChI is InChI=1S/C19H27Cl2NO/c1-18(23-3)7-9-19(10-8-18,15-6-11-22(2)13-15)14-4-5-16(20)17(21)12-14/h4-5,12,15H,6-11,13H2,1-3H3/t15-,18?,19?/m0/s1. The fourth-order valence-electron chi connectivity index (χ4n) is 4.55. The number of benzene rings is 1. The highest BCUT2D eigenvalue weighted by Gasteiger charge is 2.47. The van der Waals surface area contributed by atoms with Gasteiger partial charge in [0.2, 0.25) is 0 Å². The van der Waals surface area contributed by atoms with Crippen LogP contribution in [0.15, 0.2) is 18.2 Å². The van der Waals surface area contributed by atoms with E-state index in [0.29, 0.717) is 16.0 Å². The van der Waals surface area contributed by atoms with Crippen LogP contribution in [0.3, 0.4) is 0 Å². The van der Waals surface area contributed by atoms with Crippen molar-refractivity contribution >= 4 is 23.2 Å². The molecule has 1 saturated heterocycles. The van der Waals surface area contributed by atoms with Gasteiger partial charge in [-0.15, -0.1) is 0 Å². The second-order valence-corrected chi connectivity index (χ2v) is 8.50. The third kappa shape index (κ3) is 3.28. The van der Waals surface area contributed by atoms with E-state index in [0.717, 1.165) is 25.7 Å². The Kier molecular flexibility index (Phi) is 5.00. The Bertz CT molecular complexity index is 566. The van der Waals surface area contributed by atoms with Crippen LogP contribution in [0.5, 0.6) is 0 Å². The molecule has 1 aromatic rings. The average Bonchev–Trinajstić information content (AvgIpc) is 2.98. The second kappa shape index (κ2) is 6.55. The van der Waals surface area contributed by atoms with Crippen LogP contribution in [0, 0.1) is 5.92 Å². The third-order valence-electron chi connectivity index (χ3n) is 6.36. The van der Waals surface area contributed by atoms with Crippen LogP contribution in [0.1, 0.15) is 44.6 Å². The molecule has 3 rings (SSSR count). The lowest BCUT2D eigenvalue weighted by molar-refractivity contribution is -0.0471. The number of halogens is 2. The Morgan fingerprint density at radius 2 is 1.83 bits per heavy atom. The first-order chi connectivity index (χ1) is 10.9. The summed E-state index contributed by atoms with van der Waals surface area (Å²) in [6, 6.07) is 6.27. The van der Waals surface area contributed by atoms with Gasteiger partial charge in [-0.1, -0.05) is 29.3 Å². The summed E-state index contributed by atoms with van der Waals surface area (Å²) in [7, 11) is 4.07. The van der Waals surface area contributed by atoms with Gasteiger partial charge in [0.25, 0.3) is 0 Å². The van der Waals surface area contributed by atoms with Gasteiger partial charge in [-0.25, -0.2) is 0 Å². The van der Waals surface area contributed by atoms with Crippen LogP contribution in [0.4, 0.5) is 0 Å². The van der Waals surface area contributed by atoms with Gasteiger partial charge in [0.05, 0.1) is 15.6 Å². The largest absolute Gasteiger partial charge is 0.379 e. The molecule has 0 bridgehead atoms. The zero-order chi connectivity index (χ0) is 16.7. The van der Waals surface area contributed by atoms with Crippen molar-refractivity contribution in [3.05, 3.63) is 33.8 Å². The summed E-state index contributed by atoms with van der Waals surface area (Å²) in [4.78, 5) is 2.45. The number of rotatable bonds is 3. The van der Waals surface area contributed by atoms with Crippen molar-refractivity contribution in [1.82, 2.24) is 4.90 Å². The first-order valence-electron chi connectivity index (χ1n) is 8.58. The molecule has 2 aliphatic rings. The van der Waals surface area contributed by atoms with Crippen molar-refractivity contribution in [1.29, 1.82) is 0 Å². The molecule has 0 N–H and O–H groups in total. The molecule has 1 aromatic carbocycles. The van der Waals surface area contributed by atoms with E-state index in [-0.39, 0.29) is 11.0 Å². The Morgan fingerprint density at radius 1 is 1.13 bits per heavy atom. The normalized spacial score (nSPS) is 35.6. The molecule has 1 aliphatic heterocycles. The molecular weight excluding hydrogens is 329 g/mol. The molecule has 4 heteroatoms. The molecule has 0 amide bonds. The number of hydrogen-bond donors (Lipinski definition) is 0. The molecule has 1 heterocycles. The molecule has 128 valence electrons. The zero-order valence-corrected chi connectivity index (χ0v) is 15.9. The van der Waals surface area contributed by atoms with E-state index in [9.17, 15) is 0 Å². The molecule has 0 unspecified atom stereocenters. The molecular formula is C19H27Cl2NO. The monoisotopic (exact) mass is 355 g/mol. The minimum Gasteiger partial charge on any atom is -0.379 e. The topological polar surface area (TPSA) is 12.5 Å². The summed E-state index contributed by atoms with van der Waals surface area (Å²) in [6.07, 6.45) is 5.79. The number of ether oxygens (including phenoxy) is 1. The molecule has 1 aliphatic carbocycles. The van der Waals surface area contributed by atoms with Gasteiger partial charge in [0, 0.05) is 13.7 Å². The Balaban J connectivity index is 1.96. The van der Waals surface area contributed by atoms with Crippen LogP contribution >= 0.6 is 23.2 Å². The van der Waals surface area contributed by atoms with Crippen molar-refractivity contribution in [2.75, 3.05) is 27.2 Å². The fraction of sp³-hybridized carbons (Fsp3) is 0.684. The first kappa shape index (κ1) is 17.5. The quantitative estimate of drug-likeness (QED) is 0.742. The summed E-state index contributed by atoms with van der Waals surface area (Å²) < 4.78 is 5.78. The molecule has 1 atom stereocenters. The summed E-state index contributed by atoms with van der Waals surface area (Å²) in [5.74, 6) is 0.686. The molecule has 0 spiro atoms. The Morgan fingerprint density at radius 3 is 2.35 bits per heavy atom. The van der Waals surface area contributed by atoms with Crippen LogP contribution < -0.4 is 0 Å². The van der Waals surface area contributed by atoms with Crippen molar-refractivity contribution in [3.8, 4) is 0 Å². The number of hydrogen-bond acceptors (Lipinski definition) is 2. The summed E-state index contributed by atoms with van der Waals surface area (Å²) in [6.45, 7) is 4.60. The maximum Gasteiger partial charge on any atom is 0.0651 e. The lowest BCUT2D eigenvalue weighted by Gasteiger charge is -2.48. The van der Waals surface area contributed by atoms with Gasteiger partial charge in [0.15, 0.2) is 0 Å². The van der Waals surface area contributed by atoms with Gasteiger partial charge >= 0.3 is 0 Å². The van der Waals surface area contributed by atoms with Crippen LogP contribution in [-0.4, -0.2) is 37.7 Å². The Labute approximate surface area is 150 Å². The predicted molar refractivity (Wildman–Crippen MR) is 97.6 cm³/mol. The van der Waals surface area contributed by atoms with Crippen LogP contribution in [-0.2, 0) is 10.2 Å². The van der Waals surface area contributed by atoms with E-state index in [1.807, 2.05) is 13.2 Å². The molecule has 23 heavy (non-hydrogen) atoms. The van der Waals surface area contributed by atoms with Gasteiger partial charge < -0.3 is 9.64 Å². The van der Waals surface area contributed by atoms with E-state index in [1.165, 1.54) is 25.1 Å². The summed E-state index contributed by atoms with van der Waals surface area (Å²) >= 11 is 12.5. The highest BCUT2D eigenvalue weighted by molar-refractivity contribution is 6.42. The van der Waals surface area contributed by atoms with Gasteiger partial charge in [-0.2, -0.15) is 0 Å². The average molecular weight is 356 g/mol.